The van der Waals surface area contributed by atoms with Gasteiger partial charge in [-0.2, -0.15) is 0 Å². The molecule has 0 bridgehead atoms. The molecule has 0 N–H and O–H groups in total. The van der Waals surface area contributed by atoms with Crippen LogP contribution in [0.25, 0.3) is 0 Å². The van der Waals surface area contributed by atoms with Gasteiger partial charge >= 0.3 is 0 Å². The molecule has 0 aliphatic rings. The Morgan fingerprint density at radius 1 is 0.875 bits per heavy atom. The van der Waals surface area contributed by atoms with Gasteiger partial charge in [-0.25, -0.2) is 0 Å². The van der Waals surface area contributed by atoms with E-state index in [1.807, 2.05) is 12.2 Å². The molecule has 0 saturated carbocycles. The SMILES string of the molecule is CC(=O)/C=C/CCC(/C=C/C(C)=O)O[Si](C(C)C)(C(C)C)C(C)C. The second-order valence-electron chi connectivity index (χ2n) is 7.53. The highest BCUT2D eigenvalue weighted by molar-refractivity contribution is 6.77. The molecule has 1 atom stereocenters. The van der Waals surface area contributed by atoms with E-state index >= 15 is 0 Å². The number of hydrogen-bond donors (Lipinski definition) is 0. The van der Waals surface area contributed by atoms with Crippen LogP contribution in [0.15, 0.2) is 24.3 Å². The molecule has 0 heterocycles. The van der Waals surface area contributed by atoms with Crippen LogP contribution in [0, 0.1) is 0 Å². The second-order valence-corrected chi connectivity index (χ2v) is 12.9. The Morgan fingerprint density at radius 3 is 1.71 bits per heavy atom. The van der Waals surface area contributed by atoms with Gasteiger partial charge < -0.3 is 4.43 Å². The van der Waals surface area contributed by atoms with Gasteiger partial charge in [-0.05, 0) is 55.5 Å². The van der Waals surface area contributed by atoms with E-state index < -0.39 is 8.32 Å². The molecule has 0 radical (unpaired) electrons. The Hall–Kier alpha value is -1.00. The summed E-state index contributed by atoms with van der Waals surface area (Å²) in [6.45, 7) is 16.7. The van der Waals surface area contributed by atoms with Crippen molar-refractivity contribution in [3.8, 4) is 0 Å². The summed E-state index contributed by atoms with van der Waals surface area (Å²) in [6, 6.07) is 0. The minimum Gasteiger partial charge on any atom is -0.410 e. The molecule has 24 heavy (non-hydrogen) atoms. The molecule has 0 saturated heterocycles. The molecule has 0 aromatic rings. The summed E-state index contributed by atoms with van der Waals surface area (Å²) in [5.74, 6) is 0.0933. The summed E-state index contributed by atoms with van der Waals surface area (Å²) in [5.41, 5.74) is 1.50. The van der Waals surface area contributed by atoms with Gasteiger partial charge in [-0.1, -0.05) is 53.7 Å². The van der Waals surface area contributed by atoms with Gasteiger partial charge in [0, 0.05) is 0 Å². The number of hydrogen-bond acceptors (Lipinski definition) is 3. The lowest BCUT2D eigenvalue weighted by molar-refractivity contribution is -0.113. The topological polar surface area (TPSA) is 43.4 Å². The Bertz CT molecular complexity index is 440. The molecule has 1 unspecified atom stereocenters. The van der Waals surface area contributed by atoms with E-state index in [0.29, 0.717) is 16.6 Å². The molecular formula is C20H36O3Si. The van der Waals surface area contributed by atoms with Crippen LogP contribution in [0.1, 0.15) is 68.2 Å². The average molecular weight is 353 g/mol. The molecule has 3 nitrogen and oxygen atoms in total. The lowest BCUT2D eigenvalue weighted by Gasteiger charge is -2.44. The fourth-order valence-electron chi connectivity index (χ4n) is 3.62. The molecule has 4 heteroatoms. The van der Waals surface area contributed by atoms with Crippen molar-refractivity contribution in [1.82, 2.24) is 0 Å². The zero-order chi connectivity index (χ0) is 18.9. The maximum atomic E-state index is 11.3. The highest BCUT2D eigenvalue weighted by Crippen LogP contribution is 2.43. The molecule has 0 amide bonds. The van der Waals surface area contributed by atoms with Crippen LogP contribution >= 0.6 is 0 Å². The first kappa shape index (κ1) is 23.0. The highest BCUT2D eigenvalue weighted by Gasteiger charge is 2.46. The maximum absolute atomic E-state index is 11.3. The number of ketones is 2. The van der Waals surface area contributed by atoms with Gasteiger partial charge in [0.05, 0.1) is 6.10 Å². The zero-order valence-electron chi connectivity index (χ0n) is 16.8. The standard InChI is InChI=1S/C20H36O3Si/c1-15(2)24(16(3)4,17(5)6)23-20(14-13-19(8)22)12-10-9-11-18(7)21/h9,11,13-17,20H,10,12H2,1-8H3/b11-9+,14-13+. The summed E-state index contributed by atoms with van der Waals surface area (Å²) in [6.07, 6.45) is 8.48. The van der Waals surface area contributed by atoms with E-state index in [2.05, 4.69) is 41.5 Å². The number of rotatable bonds is 11. The third kappa shape index (κ3) is 7.26. The molecule has 138 valence electrons. The molecule has 0 aliphatic heterocycles. The molecule has 0 aromatic heterocycles. The largest absolute Gasteiger partial charge is 0.410 e. The summed E-state index contributed by atoms with van der Waals surface area (Å²) < 4.78 is 6.76. The maximum Gasteiger partial charge on any atom is 0.201 e. The Morgan fingerprint density at radius 2 is 1.33 bits per heavy atom. The van der Waals surface area contributed by atoms with Crippen molar-refractivity contribution in [2.75, 3.05) is 0 Å². The molecule has 0 spiro atoms. The predicted octanol–water partition coefficient (Wildman–Crippen LogP) is 5.62. The third-order valence-electron chi connectivity index (χ3n) is 4.58. The number of carbonyl (C=O) groups excluding carboxylic acids is 2. The Labute approximate surface area is 149 Å². The van der Waals surface area contributed by atoms with Gasteiger partial charge in [-0.15, -0.1) is 0 Å². The summed E-state index contributed by atoms with van der Waals surface area (Å²) in [7, 11) is -2.00. The first-order valence-corrected chi connectivity index (χ1v) is 11.2. The first-order chi connectivity index (χ1) is 11.0. The molecular weight excluding hydrogens is 316 g/mol. The number of carbonyl (C=O) groups is 2. The van der Waals surface area contributed by atoms with Crippen LogP contribution in [0.4, 0.5) is 0 Å². The predicted molar refractivity (Wildman–Crippen MR) is 105 cm³/mol. The van der Waals surface area contributed by atoms with Crippen LogP contribution < -0.4 is 0 Å². The second kappa shape index (κ2) is 10.8. The van der Waals surface area contributed by atoms with Crippen molar-refractivity contribution in [1.29, 1.82) is 0 Å². The summed E-state index contributed by atoms with van der Waals surface area (Å²) in [4.78, 5) is 22.4. The van der Waals surface area contributed by atoms with Gasteiger partial charge in [0.1, 0.15) is 0 Å². The van der Waals surface area contributed by atoms with Gasteiger partial charge in [-0.3, -0.25) is 9.59 Å². The smallest absolute Gasteiger partial charge is 0.201 e. The van der Waals surface area contributed by atoms with Gasteiger partial charge in [0.2, 0.25) is 8.32 Å². The van der Waals surface area contributed by atoms with Gasteiger partial charge in [0.25, 0.3) is 0 Å². The third-order valence-corrected chi connectivity index (χ3v) is 10.7. The lowest BCUT2D eigenvalue weighted by atomic mass is 10.1. The number of allylic oxidation sites excluding steroid dienone is 3. The van der Waals surface area contributed by atoms with Crippen molar-refractivity contribution >= 4 is 19.9 Å². The van der Waals surface area contributed by atoms with E-state index in [1.54, 1.807) is 26.0 Å². The van der Waals surface area contributed by atoms with Crippen LogP contribution in [-0.4, -0.2) is 26.0 Å². The normalized spacial score (nSPS) is 14.5. The fraction of sp³-hybridized carbons (Fsp3) is 0.700. The minimum atomic E-state index is -2.00. The van der Waals surface area contributed by atoms with E-state index in [0.717, 1.165) is 12.8 Å². The van der Waals surface area contributed by atoms with Crippen LogP contribution in [0.3, 0.4) is 0 Å². The molecule has 0 aromatic carbocycles. The van der Waals surface area contributed by atoms with Crippen molar-refractivity contribution < 1.29 is 14.0 Å². The van der Waals surface area contributed by atoms with Crippen LogP contribution in [0.5, 0.6) is 0 Å². The highest BCUT2D eigenvalue weighted by atomic mass is 28.4. The monoisotopic (exact) mass is 352 g/mol. The van der Waals surface area contributed by atoms with E-state index in [1.165, 1.54) is 0 Å². The van der Waals surface area contributed by atoms with E-state index in [4.69, 9.17) is 4.43 Å². The van der Waals surface area contributed by atoms with Crippen molar-refractivity contribution in [2.45, 2.75) is 91.0 Å². The summed E-state index contributed by atoms with van der Waals surface area (Å²) in [5, 5.41) is 0. The van der Waals surface area contributed by atoms with Crippen molar-refractivity contribution in [2.24, 2.45) is 0 Å². The van der Waals surface area contributed by atoms with Crippen molar-refractivity contribution in [3.05, 3.63) is 24.3 Å². The zero-order valence-corrected chi connectivity index (χ0v) is 17.8. The Kier molecular flexibility index (Phi) is 10.3. The summed E-state index contributed by atoms with van der Waals surface area (Å²) >= 11 is 0. The molecule has 0 rings (SSSR count). The quantitative estimate of drug-likeness (QED) is 0.358. The van der Waals surface area contributed by atoms with E-state index in [9.17, 15) is 9.59 Å². The van der Waals surface area contributed by atoms with Crippen molar-refractivity contribution in [3.63, 3.8) is 0 Å². The Balaban J connectivity index is 5.37. The lowest BCUT2D eigenvalue weighted by Crippen LogP contribution is -2.50. The average Bonchev–Trinajstić information content (AvgIpc) is 2.43. The fourth-order valence-corrected chi connectivity index (χ4v) is 9.15. The van der Waals surface area contributed by atoms with Gasteiger partial charge in [0.15, 0.2) is 11.6 Å². The molecule has 0 aliphatic carbocycles. The molecule has 0 fully saturated rings. The first-order valence-electron chi connectivity index (χ1n) is 9.07. The van der Waals surface area contributed by atoms with Crippen LogP contribution in [-0.2, 0) is 14.0 Å². The minimum absolute atomic E-state index is 0.0359. The van der Waals surface area contributed by atoms with Crippen LogP contribution in [0.2, 0.25) is 16.6 Å². The van der Waals surface area contributed by atoms with E-state index in [-0.39, 0.29) is 17.7 Å².